The second-order valence-corrected chi connectivity index (χ2v) is 5.09. The second kappa shape index (κ2) is 10.0. The maximum Gasteiger partial charge on any atom is 0.241 e. The first kappa shape index (κ1) is 21.1. The van der Waals surface area contributed by atoms with Crippen LogP contribution in [0.25, 0.3) is 0 Å². The van der Waals surface area contributed by atoms with Crippen LogP contribution < -0.4 is 5.73 Å². The number of nitrogens with zero attached hydrogens (tertiary/aromatic N) is 3. The molecule has 2 N–H and O–H groups in total. The van der Waals surface area contributed by atoms with Crippen LogP contribution in [0.5, 0.6) is 0 Å². The molecule has 1 saturated heterocycles. The van der Waals surface area contributed by atoms with Gasteiger partial charge in [-0.15, -0.1) is 24.8 Å². The van der Waals surface area contributed by atoms with Gasteiger partial charge in [0.1, 0.15) is 11.8 Å². The van der Waals surface area contributed by atoms with Crippen molar-refractivity contribution in [3.8, 4) is 0 Å². The number of amides is 1. The highest BCUT2D eigenvalue weighted by Crippen LogP contribution is 2.09. The van der Waals surface area contributed by atoms with Gasteiger partial charge in [0.2, 0.25) is 5.91 Å². The van der Waals surface area contributed by atoms with E-state index >= 15 is 0 Å². The quantitative estimate of drug-likeness (QED) is 0.825. The van der Waals surface area contributed by atoms with E-state index in [2.05, 4.69) is 10.1 Å². The Bertz CT molecular complexity index is 450. The van der Waals surface area contributed by atoms with Crippen LogP contribution in [0.15, 0.2) is 10.6 Å². The zero-order chi connectivity index (χ0) is 14.5. The van der Waals surface area contributed by atoms with E-state index in [0.717, 1.165) is 31.1 Å². The smallest absolute Gasteiger partial charge is 0.241 e. The van der Waals surface area contributed by atoms with Crippen LogP contribution in [-0.2, 0) is 16.1 Å². The number of ether oxygens (including phenoxy) is 1. The zero-order valence-corrected chi connectivity index (χ0v) is 14.5. The van der Waals surface area contributed by atoms with Gasteiger partial charge >= 0.3 is 0 Å². The van der Waals surface area contributed by atoms with Crippen molar-refractivity contribution in [3.05, 3.63) is 17.5 Å². The van der Waals surface area contributed by atoms with Crippen molar-refractivity contribution in [3.63, 3.8) is 0 Å². The van der Waals surface area contributed by atoms with E-state index in [0.29, 0.717) is 13.1 Å². The van der Waals surface area contributed by atoms with Crippen molar-refractivity contribution in [2.24, 2.45) is 5.73 Å². The van der Waals surface area contributed by atoms with Crippen LogP contribution in [0, 0.1) is 6.92 Å². The molecule has 0 bridgehead atoms. The Kier molecular flexibility index (Phi) is 9.63. The molecule has 9 heteroatoms. The summed E-state index contributed by atoms with van der Waals surface area (Å²) < 4.78 is 9.97. The second-order valence-electron chi connectivity index (χ2n) is 5.09. The minimum Gasteiger partial charge on any atom is -0.383 e. The number of piperazine rings is 1. The molecule has 1 fully saturated rings. The molecular weight excluding hydrogens is 331 g/mol. The van der Waals surface area contributed by atoms with Gasteiger partial charge in [0.15, 0.2) is 0 Å². The maximum absolute atomic E-state index is 12.0. The lowest BCUT2D eigenvalue weighted by molar-refractivity contribution is -0.135. The number of methoxy groups -OCH3 is 1. The molecule has 1 aromatic heterocycles. The number of halogens is 2. The number of hydrogen-bond donors (Lipinski definition) is 1. The van der Waals surface area contributed by atoms with E-state index in [1.54, 1.807) is 12.0 Å². The third kappa shape index (κ3) is 5.73. The van der Waals surface area contributed by atoms with Crippen molar-refractivity contribution in [1.82, 2.24) is 15.0 Å². The molecule has 0 saturated carbocycles. The Balaban J connectivity index is 0.00000220. The third-order valence-electron chi connectivity index (χ3n) is 3.41. The molecule has 0 radical (unpaired) electrons. The van der Waals surface area contributed by atoms with E-state index in [1.807, 2.05) is 13.0 Å². The van der Waals surface area contributed by atoms with Gasteiger partial charge < -0.3 is 19.9 Å². The summed E-state index contributed by atoms with van der Waals surface area (Å²) in [5.41, 5.74) is 6.70. The van der Waals surface area contributed by atoms with Crippen molar-refractivity contribution < 1.29 is 14.1 Å². The first-order valence-corrected chi connectivity index (χ1v) is 6.78. The van der Waals surface area contributed by atoms with E-state index in [1.165, 1.54) is 0 Å². The average molecular weight is 355 g/mol. The number of hydrogen-bond acceptors (Lipinski definition) is 6. The summed E-state index contributed by atoms with van der Waals surface area (Å²) in [7, 11) is 1.55. The highest BCUT2D eigenvalue weighted by Gasteiger charge is 2.25. The minimum absolute atomic E-state index is 0. The summed E-state index contributed by atoms with van der Waals surface area (Å²) in [6.45, 7) is 5.90. The van der Waals surface area contributed by atoms with Crippen LogP contribution in [0.2, 0.25) is 0 Å². The Morgan fingerprint density at radius 2 is 2.05 bits per heavy atom. The van der Waals surface area contributed by atoms with Crippen molar-refractivity contribution in [2.75, 3.05) is 39.9 Å². The van der Waals surface area contributed by atoms with E-state index in [-0.39, 0.29) is 37.3 Å². The molecule has 1 unspecified atom stereocenters. The molecule has 7 nitrogen and oxygen atoms in total. The Morgan fingerprint density at radius 3 is 2.55 bits per heavy atom. The van der Waals surface area contributed by atoms with E-state index in [4.69, 9.17) is 15.0 Å². The molecule has 2 heterocycles. The number of carbonyl (C=O) groups excluding carboxylic acids is 1. The number of aromatic nitrogens is 1. The summed E-state index contributed by atoms with van der Waals surface area (Å²) in [6.07, 6.45) is 0. The van der Waals surface area contributed by atoms with Gasteiger partial charge in [0, 0.05) is 45.9 Å². The summed E-state index contributed by atoms with van der Waals surface area (Å²) >= 11 is 0. The summed E-state index contributed by atoms with van der Waals surface area (Å²) in [6, 6.07) is 1.37. The van der Waals surface area contributed by atoms with Crippen LogP contribution >= 0.6 is 24.8 Å². The van der Waals surface area contributed by atoms with Gasteiger partial charge in [-0.3, -0.25) is 9.69 Å². The van der Waals surface area contributed by atoms with Crippen LogP contribution in [0.3, 0.4) is 0 Å². The molecule has 22 heavy (non-hydrogen) atoms. The predicted molar refractivity (Wildman–Crippen MR) is 87.4 cm³/mol. The summed E-state index contributed by atoms with van der Waals surface area (Å²) in [5, 5.41) is 3.98. The van der Waals surface area contributed by atoms with Crippen molar-refractivity contribution in [2.45, 2.75) is 19.5 Å². The third-order valence-corrected chi connectivity index (χ3v) is 3.41. The van der Waals surface area contributed by atoms with Crippen molar-refractivity contribution >= 4 is 30.7 Å². The largest absolute Gasteiger partial charge is 0.383 e. The Hall–Kier alpha value is -0.860. The lowest BCUT2D eigenvalue weighted by Gasteiger charge is -2.35. The van der Waals surface area contributed by atoms with Gasteiger partial charge in [-0.05, 0) is 6.92 Å². The van der Waals surface area contributed by atoms with Gasteiger partial charge in [-0.2, -0.15) is 0 Å². The van der Waals surface area contributed by atoms with Crippen LogP contribution in [-0.4, -0.2) is 66.8 Å². The molecule has 128 valence electrons. The van der Waals surface area contributed by atoms with E-state index < -0.39 is 6.04 Å². The lowest BCUT2D eigenvalue weighted by Crippen LogP contribution is -2.53. The molecule has 1 atom stereocenters. The maximum atomic E-state index is 12.0. The van der Waals surface area contributed by atoms with E-state index in [9.17, 15) is 4.79 Å². The van der Waals surface area contributed by atoms with Gasteiger partial charge in [-0.1, -0.05) is 5.16 Å². The van der Waals surface area contributed by atoms with Gasteiger partial charge in [0.25, 0.3) is 0 Å². The van der Waals surface area contributed by atoms with Crippen molar-refractivity contribution in [1.29, 1.82) is 0 Å². The lowest BCUT2D eigenvalue weighted by atomic mass is 10.2. The topological polar surface area (TPSA) is 84.8 Å². The normalized spacial score (nSPS) is 16.6. The van der Waals surface area contributed by atoms with Gasteiger partial charge in [-0.25, -0.2) is 0 Å². The first-order chi connectivity index (χ1) is 9.60. The zero-order valence-electron chi connectivity index (χ0n) is 12.9. The molecule has 2 rings (SSSR count). The molecular formula is C13H24Cl2N4O3. The van der Waals surface area contributed by atoms with Gasteiger partial charge in [0.05, 0.1) is 12.3 Å². The molecule has 1 amide bonds. The Labute approximate surface area is 142 Å². The first-order valence-electron chi connectivity index (χ1n) is 6.78. The van der Waals surface area contributed by atoms with Crippen LogP contribution in [0.4, 0.5) is 0 Å². The monoisotopic (exact) mass is 354 g/mol. The number of carbonyl (C=O) groups is 1. The molecule has 1 aliphatic rings. The Morgan fingerprint density at radius 1 is 1.41 bits per heavy atom. The highest BCUT2D eigenvalue weighted by molar-refractivity contribution is 5.85. The molecule has 1 aliphatic heterocycles. The van der Waals surface area contributed by atoms with Crippen LogP contribution in [0.1, 0.15) is 11.5 Å². The fourth-order valence-electron chi connectivity index (χ4n) is 2.33. The fraction of sp³-hybridized carbons (Fsp3) is 0.692. The molecule has 0 spiro atoms. The molecule has 0 aromatic carbocycles. The number of aryl methyl sites for hydroxylation is 1. The highest BCUT2D eigenvalue weighted by atomic mass is 35.5. The fourth-order valence-corrected chi connectivity index (χ4v) is 2.33. The minimum atomic E-state index is -0.565. The molecule has 0 aliphatic carbocycles. The average Bonchev–Trinajstić information content (AvgIpc) is 2.84. The summed E-state index contributed by atoms with van der Waals surface area (Å²) in [4.78, 5) is 16.1. The SMILES string of the molecule is COCC(N)C(=O)N1CCN(Cc2cc(C)on2)CC1.Cl.Cl. The predicted octanol–water partition coefficient (Wildman–Crippen LogP) is 0.445. The molecule has 1 aromatic rings. The number of rotatable bonds is 5. The standard InChI is InChI=1S/C13H22N4O3.2ClH/c1-10-7-11(15-20-10)8-16-3-5-17(6-4-16)13(18)12(14)9-19-2;;/h7,12H,3-6,8-9,14H2,1-2H3;2*1H. The number of nitrogens with two attached hydrogens (primary N) is 1. The summed E-state index contributed by atoms with van der Waals surface area (Å²) in [5.74, 6) is 0.781.